The minimum Gasteiger partial charge on any atom is -0.394 e. The summed E-state index contributed by atoms with van der Waals surface area (Å²) in [5.41, 5.74) is 2.32. The van der Waals surface area contributed by atoms with Gasteiger partial charge in [0.2, 0.25) is 0 Å². The smallest absolute Gasteiger partial charge is 0.184 e. The highest BCUT2D eigenvalue weighted by molar-refractivity contribution is 5.23. The minimum atomic E-state index is -0.312. The van der Waals surface area contributed by atoms with Gasteiger partial charge in [-0.3, -0.25) is 0 Å². The number of aliphatic hydroxyl groups is 1. The Kier molecular flexibility index (Phi) is 3.36. The van der Waals surface area contributed by atoms with Crippen molar-refractivity contribution in [1.82, 2.24) is 0 Å². The number of rotatable bonds is 3. The summed E-state index contributed by atoms with van der Waals surface area (Å²) in [5.74, 6) is 0. The van der Waals surface area contributed by atoms with E-state index in [1.54, 1.807) is 0 Å². The molecular weight excluding hydrogens is 192 g/mol. The molecule has 0 aliphatic carbocycles. The molecule has 15 heavy (non-hydrogen) atoms. The topological polar surface area (TPSA) is 38.7 Å². The van der Waals surface area contributed by atoms with Gasteiger partial charge < -0.3 is 14.6 Å². The van der Waals surface area contributed by atoms with Crippen LogP contribution in [0.25, 0.3) is 0 Å². The Hall–Kier alpha value is -0.900. The standard InChI is InChI=1S/C12H16O3/c1-2-9-3-5-10(6-4-9)12-14-8-11(7-13)15-12/h3-6,11-13H,2,7-8H2,1H3. The second-order valence-electron chi connectivity index (χ2n) is 3.70. The van der Waals surface area contributed by atoms with E-state index in [0.29, 0.717) is 6.61 Å². The van der Waals surface area contributed by atoms with Gasteiger partial charge in [0.15, 0.2) is 6.29 Å². The van der Waals surface area contributed by atoms with Gasteiger partial charge in [-0.1, -0.05) is 31.2 Å². The Bertz CT molecular complexity index is 307. The Morgan fingerprint density at radius 2 is 2.07 bits per heavy atom. The molecule has 1 N–H and O–H groups in total. The highest BCUT2D eigenvalue weighted by atomic mass is 16.7. The van der Waals surface area contributed by atoms with Gasteiger partial charge in [0.25, 0.3) is 0 Å². The molecule has 1 saturated heterocycles. The fourth-order valence-corrected chi connectivity index (χ4v) is 1.63. The monoisotopic (exact) mass is 208 g/mol. The van der Waals surface area contributed by atoms with E-state index in [-0.39, 0.29) is 19.0 Å². The van der Waals surface area contributed by atoms with Crippen LogP contribution in [-0.2, 0) is 15.9 Å². The molecule has 1 aliphatic rings. The van der Waals surface area contributed by atoms with Crippen LogP contribution >= 0.6 is 0 Å². The van der Waals surface area contributed by atoms with Crippen molar-refractivity contribution in [2.45, 2.75) is 25.7 Å². The normalized spacial score (nSPS) is 25.7. The van der Waals surface area contributed by atoms with Crippen molar-refractivity contribution in [2.24, 2.45) is 0 Å². The van der Waals surface area contributed by atoms with Crippen molar-refractivity contribution >= 4 is 0 Å². The van der Waals surface area contributed by atoms with E-state index >= 15 is 0 Å². The molecule has 1 aliphatic heterocycles. The quantitative estimate of drug-likeness (QED) is 0.821. The first kappa shape index (κ1) is 10.6. The van der Waals surface area contributed by atoms with Crippen LogP contribution in [0.2, 0.25) is 0 Å². The molecule has 1 fully saturated rings. The molecule has 0 aromatic heterocycles. The molecule has 1 heterocycles. The average molecular weight is 208 g/mol. The van der Waals surface area contributed by atoms with Crippen LogP contribution in [0.3, 0.4) is 0 Å². The summed E-state index contributed by atoms with van der Waals surface area (Å²) in [7, 11) is 0. The van der Waals surface area contributed by atoms with E-state index in [9.17, 15) is 0 Å². The highest BCUT2D eigenvalue weighted by Gasteiger charge is 2.26. The van der Waals surface area contributed by atoms with E-state index in [0.717, 1.165) is 12.0 Å². The van der Waals surface area contributed by atoms with Crippen LogP contribution in [0.4, 0.5) is 0 Å². The van der Waals surface area contributed by atoms with Crippen molar-refractivity contribution in [3.8, 4) is 0 Å². The molecule has 0 bridgehead atoms. The van der Waals surface area contributed by atoms with E-state index in [4.69, 9.17) is 14.6 Å². The maximum atomic E-state index is 8.91. The summed E-state index contributed by atoms with van der Waals surface area (Å²) in [6.45, 7) is 2.61. The van der Waals surface area contributed by atoms with Crippen LogP contribution in [-0.4, -0.2) is 24.4 Å². The number of aryl methyl sites for hydroxylation is 1. The zero-order chi connectivity index (χ0) is 10.7. The van der Waals surface area contributed by atoms with Crippen molar-refractivity contribution in [3.63, 3.8) is 0 Å². The molecule has 2 rings (SSSR count). The lowest BCUT2D eigenvalue weighted by Crippen LogP contribution is -2.14. The van der Waals surface area contributed by atoms with E-state index in [1.807, 2.05) is 12.1 Å². The van der Waals surface area contributed by atoms with E-state index in [2.05, 4.69) is 19.1 Å². The molecule has 82 valence electrons. The van der Waals surface area contributed by atoms with Gasteiger partial charge in [0, 0.05) is 5.56 Å². The lowest BCUT2D eigenvalue weighted by Gasteiger charge is -2.10. The Morgan fingerprint density at radius 3 is 2.60 bits per heavy atom. The molecule has 0 spiro atoms. The van der Waals surface area contributed by atoms with Gasteiger partial charge in [-0.15, -0.1) is 0 Å². The molecule has 1 aromatic rings. The summed E-state index contributed by atoms with van der Waals surface area (Å²) in [6.07, 6.45) is 0.542. The summed E-state index contributed by atoms with van der Waals surface area (Å²) < 4.78 is 10.9. The van der Waals surface area contributed by atoms with Crippen LogP contribution in [0.5, 0.6) is 0 Å². The zero-order valence-corrected chi connectivity index (χ0v) is 8.85. The van der Waals surface area contributed by atoms with Gasteiger partial charge in [-0.25, -0.2) is 0 Å². The third-order valence-electron chi connectivity index (χ3n) is 2.61. The molecule has 0 amide bonds. The lowest BCUT2D eigenvalue weighted by atomic mass is 10.1. The maximum absolute atomic E-state index is 8.91. The van der Waals surface area contributed by atoms with Crippen molar-refractivity contribution in [3.05, 3.63) is 35.4 Å². The van der Waals surface area contributed by atoms with Crippen molar-refractivity contribution in [2.75, 3.05) is 13.2 Å². The minimum absolute atomic E-state index is 0.0174. The third kappa shape index (κ3) is 2.37. The molecule has 3 heteroatoms. The fraction of sp³-hybridized carbons (Fsp3) is 0.500. The molecule has 2 atom stereocenters. The molecule has 0 radical (unpaired) electrons. The molecule has 3 nitrogen and oxygen atoms in total. The predicted octanol–water partition coefficient (Wildman–Crippen LogP) is 1.66. The summed E-state index contributed by atoms with van der Waals surface area (Å²) in [4.78, 5) is 0. The van der Waals surface area contributed by atoms with Gasteiger partial charge in [-0.05, 0) is 12.0 Å². The van der Waals surface area contributed by atoms with E-state index in [1.165, 1.54) is 5.56 Å². The number of ether oxygens (including phenoxy) is 2. The second-order valence-corrected chi connectivity index (χ2v) is 3.70. The molecule has 2 unspecified atom stereocenters. The maximum Gasteiger partial charge on any atom is 0.184 e. The van der Waals surface area contributed by atoms with Crippen LogP contribution in [0.15, 0.2) is 24.3 Å². The summed E-state index contributed by atoms with van der Waals surface area (Å²) >= 11 is 0. The largest absolute Gasteiger partial charge is 0.394 e. The van der Waals surface area contributed by atoms with E-state index < -0.39 is 0 Å². The SMILES string of the molecule is CCc1ccc(C2OCC(CO)O2)cc1. The van der Waals surface area contributed by atoms with Gasteiger partial charge in [0.1, 0.15) is 6.10 Å². The predicted molar refractivity (Wildman–Crippen MR) is 56.5 cm³/mol. The van der Waals surface area contributed by atoms with Gasteiger partial charge >= 0.3 is 0 Å². The Morgan fingerprint density at radius 1 is 1.33 bits per heavy atom. The van der Waals surface area contributed by atoms with Crippen molar-refractivity contribution in [1.29, 1.82) is 0 Å². The van der Waals surface area contributed by atoms with Gasteiger partial charge in [-0.2, -0.15) is 0 Å². The first-order valence-corrected chi connectivity index (χ1v) is 5.30. The van der Waals surface area contributed by atoms with Gasteiger partial charge in [0.05, 0.1) is 13.2 Å². The van der Waals surface area contributed by atoms with Crippen LogP contribution in [0.1, 0.15) is 24.3 Å². The molecule has 1 aromatic carbocycles. The summed E-state index contributed by atoms with van der Waals surface area (Å²) in [6, 6.07) is 8.19. The summed E-state index contributed by atoms with van der Waals surface area (Å²) in [5, 5.41) is 8.91. The number of benzene rings is 1. The lowest BCUT2D eigenvalue weighted by molar-refractivity contribution is -0.0675. The van der Waals surface area contributed by atoms with Crippen molar-refractivity contribution < 1.29 is 14.6 Å². The Balaban J connectivity index is 2.04. The van der Waals surface area contributed by atoms with Crippen LogP contribution in [0, 0.1) is 0 Å². The second kappa shape index (κ2) is 4.75. The average Bonchev–Trinajstić information content (AvgIpc) is 2.78. The number of hydrogen-bond donors (Lipinski definition) is 1. The molecule has 0 saturated carbocycles. The Labute approximate surface area is 89.6 Å². The molecular formula is C12H16O3. The fourth-order valence-electron chi connectivity index (χ4n) is 1.63. The first-order valence-electron chi connectivity index (χ1n) is 5.30. The number of aliphatic hydroxyl groups excluding tert-OH is 1. The zero-order valence-electron chi connectivity index (χ0n) is 8.85. The highest BCUT2D eigenvalue weighted by Crippen LogP contribution is 2.26. The third-order valence-corrected chi connectivity index (χ3v) is 2.61. The first-order chi connectivity index (χ1) is 7.33. The number of hydrogen-bond acceptors (Lipinski definition) is 3. The van der Waals surface area contributed by atoms with Crippen LogP contribution < -0.4 is 0 Å².